The molecule has 3 aromatic carbocycles. The molecule has 0 aliphatic carbocycles. The molecule has 9 heteroatoms. The minimum Gasteiger partial charge on any atom is -0.497 e. The SMILES string of the molecule is COc1ccc2c(c1)C(N1CCN(C(=O)c3ccc(C(F)(F)F)cc3)CC1)=Nc1ccccc1O2. The zero-order chi connectivity index (χ0) is 24.6. The molecule has 1 fully saturated rings. The summed E-state index contributed by atoms with van der Waals surface area (Å²) < 4.78 is 50.1. The Labute approximate surface area is 200 Å². The van der Waals surface area contributed by atoms with Crippen LogP contribution in [0.15, 0.2) is 71.7 Å². The first-order valence-corrected chi connectivity index (χ1v) is 11.1. The van der Waals surface area contributed by atoms with E-state index in [4.69, 9.17) is 14.5 Å². The summed E-state index contributed by atoms with van der Waals surface area (Å²) in [5.74, 6) is 2.38. The largest absolute Gasteiger partial charge is 0.497 e. The highest BCUT2D eigenvalue weighted by molar-refractivity contribution is 6.04. The number of para-hydroxylation sites is 2. The Morgan fingerprint density at radius 2 is 1.66 bits per heavy atom. The lowest BCUT2D eigenvalue weighted by Gasteiger charge is -2.36. The van der Waals surface area contributed by atoms with Crippen LogP contribution in [-0.4, -0.2) is 54.8 Å². The van der Waals surface area contributed by atoms with Gasteiger partial charge in [-0.05, 0) is 54.6 Å². The molecular weight excluding hydrogens is 459 g/mol. The van der Waals surface area contributed by atoms with E-state index >= 15 is 0 Å². The summed E-state index contributed by atoms with van der Waals surface area (Å²) in [6, 6.07) is 17.4. The van der Waals surface area contributed by atoms with Crippen LogP contribution in [-0.2, 0) is 6.18 Å². The Bertz CT molecular complexity index is 1280. The van der Waals surface area contributed by atoms with E-state index in [2.05, 4.69) is 4.90 Å². The van der Waals surface area contributed by atoms with Gasteiger partial charge in [0.15, 0.2) is 5.75 Å². The molecule has 2 aliphatic rings. The maximum absolute atomic E-state index is 12.9. The van der Waals surface area contributed by atoms with Crippen molar-refractivity contribution >= 4 is 17.4 Å². The number of carbonyl (C=O) groups is 1. The zero-order valence-electron chi connectivity index (χ0n) is 18.9. The van der Waals surface area contributed by atoms with E-state index in [-0.39, 0.29) is 11.5 Å². The molecule has 2 aliphatic heterocycles. The Hall–Kier alpha value is -4.01. The highest BCUT2D eigenvalue weighted by Gasteiger charge is 2.31. The summed E-state index contributed by atoms with van der Waals surface area (Å²) in [6.45, 7) is 1.81. The molecule has 6 nitrogen and oxygen atoms in total. The summed E-state index contributed by atoms with van der Waals surface area (Å²) in [6.07, 6.45) is -4.44. The van der Waals surface area contributed by atoms with Crippen molar-refractivity contribution in [2.75, 3.05) is 33.3 Å². The third-order valence-corrected chi connectivity index (χ3v) is 6.06. The Balaban J connectivity index is 1.37. The monoisotopic (exact) mass is 481 g/mol. The van der Waals surface area contributed by atoms with Gasteiger partial charge in [0.1, 0.15) is 23.0 Å². The second kappa shape index (κ2) is 8.98. The smallest absolute Gasteiger partial charge is 0.416 e. The maximum Gasteiger partial charge on any atom is 0.416 e. The number of benzene rings is 3. The summed E-state index contributed by atoms with van der Waals surface area (Å²) >= 11 is 0. The number of hydrogen-bond donors (Lipinski definition) is 0. The quantitative estimate of drug-likeness (QED) is 0.495. The van der Waals surface area contributed by atoms with Crippen molar-refractivity contribution < 1.29 is 27.4 Å². The highest BCUT2D eigenvalue weighted by atomic mass is 19.4. The average molecular weight is 481 g/mol. The van der Waals surface area contributed by atoms with Crippen LogP contribution in [0.3, 0.4) is 0 Å². The van der Waals surface area contributed by atoms with Crippen LogP contribution in [0.2, 0.25) is 0 Å². The number of carbonyl (C=O) groups excluding carboxylic acids is 1. The van der Waals surface area contributed by atoms with Crippen molar-refractivity contribution in [1.29, 1.82) is 0 Å². The van der Waals surface area contributed by atoms with Gasteiger partial charge in [0, 0.05) is 31.7 Å². The maximum atomic E-state index is 12.9. The number of methoxy groups -OCH3 is 1. The fourth-order valence-electron chi connectivity index (χ4n) is 4.18. The fourth-order valence-corrected chi connectivity index (χ4v) is 4.18. The van der Waals surface area contributed by atoms with Crippen LogP contribution in [0.4, 0.5) is 18.9 Å². The summed E-state index contributed by atoms with van der Waals surface area (Å²) in [4.78, 5) is 21.5. The zero-order valence-corrected chi connectivity index (χ0v) is 18.9. The molecule has 1 saturated heterocycles. The van der Waals surface area contributed by atoms with Gasteiger partial charge in [0.05, 0.1) is 18.2 Å². The fraction of sp³-hybridized carbons (Fsp3) is 0.231. The Morgan fingerprint density at radius 1 is 0.943 bits per heavy atom. The van der Waals surface area contributed by atoms with E-state index in [1.54, 1.807) is 12.0 Å². The van der Waals surface area contributed by atoms with E-state index in [1.165, 1.54) is 12.1 Å². The van der Waals surface area contributed by atoms with Gasteiger partial charge in [-0.2, -0.15) is 13.2 Å². The van der Waals surface area contributed by atoms with Crippen LogP contribution in [0.5, 0.6) is 17.2 Å². The number of hydrogen-bond acceptors (Lipinski definition) is 5. The van der Waals surface area contributed by atoms with E-state index in [0.29, 0.717) is 55.0 Å². The van der Waals surface area contributed by atoms with Gasteiger partial charge in [0.25, 0.3) is 5.91 Å². The number of aliphatic imine (C=N–C) groups is 1. The number of halogens is 3. The molecule has 5 rings (SSSR count). The lowest BCUT2D eigenvalue weighted by atomic mass is 10.1. The summed E-state index contributed by atoms with van der Waals surface area (Å²) in [7, 11) is 1.59. The highest BCUT2D eigenvalue weighted by Crippen LogP contribution is 2.39. The normalized spacial score (nSPS) is 15.4. The van der Waals surface area contributed by atoms with Crippen molar-refractivity contribution in [2.24, 2.45) is 4.99 Å². The lowest BCUT2D eigenvalue weighted by Crippen LogP contribution is -2.50. The van der Waals surface area contributed by atoms with Gasteiger partial charge >= 0.3 is 6.18 Å². The second-order valence-electron chi connectivity index (χ2n) is 8.22. The molecule has 2 heterocycles. The van der Waals surface area contributed by atoms with Gasteiger partial charge in [-0.15, -0.1) is 0 Å². The number of amides is 1. The van der Waals surface area contributed by atoms with Crippen LogP contribution < -0.4 is 9.47 Å². The molecule has 0 unspecified atom stereocenters. The molecule has 35 heavy (non-hydrogen) atoms. The molecular formula is C26H22F3N3O3. The number of ether oxygens (including phenoxy) is 2. The minimum atomic E-state index is -4.44. The van der Waals surface area contributed by atoms with Crippen molar-refractivity contribution in [1.82, 2.24) is 9.80 Å². The molecule has 0 atom stereocenters. The van der Waals surface area contributed by atoms with Crippen molar-refractivity contribution in [3.63, 3.8) is 0 Å². The van der Waals surface area contributed by atoms with Crippen molar-refractivity contribution in [3.8, 4) is 17.2 Å². The molecule has 3 aromatic rings. The molecule has 0 saturated carbocycles. The Morgan fingerprint density at radius 3 is 2.34 bits per heavy atom. The van der Waals surface area contributed by atoms with Crippen molar-refractivity contribution in [3.05, 3.63) is 83.4 Å². The van der Waals surface area contributed by atoms with Crippen LogP contribution in [0, 0.1) is 0 Å². The van der Waals surface area contributed by atoms with Gasteiger partial charge in [-0.1, -0.05) is 12.1 Å². The van der Waals surface area contributed by atoms with E-state index in [1.807, 2.05) is 42.5 Å². The van der Waals surface area contributed by atoms with E-state index in [0.717, 1.165) is 17.7 Å². The number of rotatable bonds is 2. The minimum absolute atomic E-state index is 0.232. The first kappa shape index (κ1) is 22.8. The molecule has 0 N–H and O–H groups in total. The molecule has 0 radical (unpaired) electrons. The van der Waals surface area contributed by atoms with Gasteiger partial charge in [-0.3, -0.25) is 4.79 Å². The number of alkyl halides is 3. The van der Waals surface area contributed by atoms with Crippen LogP contribution >= 0.6 is 0 Å². The average Bonchev–Trinajstić information content (AvgIpc) is 3.04. The predicted octanol–water partition coefficient (Wildman–Crippen LogP) is 5.36. The second-order valence-corrected chi connectivity index (χ2v) is 8.22. The number of amidine groups is 1. The third kappa shape index (κ3) is 4.53. The summed E-state index contributed by atoms with van der Waals surface area (Å²) in [5.41, 5.74) is 0.932. The topological polar surface area (TPSA) is 54.4 Å². The first-order valence-electron chi connectivity index (χ1n) is 11.1. The number of piperazine rings is 1. The first-order chi connectivity index (χ1) is 16.8. The molecule has 0 aromatic heterocycles. The number of nitrogens with zero attached hydrogens (tertiary/aromatic N) is 3. The summed E-state index contributed by atoms with van der Waals surface area (Å²) in [5, 5.41) is 0. The number of fused-ring (bicyclic) bond motifs is 2. The van der Waals surface area contributed by atoms with E-state index in [9.17, 15) is 18.0 Å². The van der Waals surface area contributed by atoms with Crippen LogP contribution in [0.25, 0.3) is 0 Å². The van der Waals surface area contributed by atoms with Gasteiger partial charge in [-0.25, -0.2) is 4.99 Å². The molecule has 180 valence electrons. The van der Waals surface area contributed by atoms with E-state index < -0.39 is 11.7 Å². The third-order valence-electron chi connectivity index (χ3n) is 6.06. The van der Waals surface area contributed by atoms with Gasteiger partial charge < -0.3 is 19.3 Å². The molecule has 0 bridgehead atoms. The van der Waals surface area contributed by atoms with Crippen molar-refractivity contribution in [2.45, 2.75) is 6.18 Å². The Kier molecular flexibility index (Phi) is 5.84. The van der Waals surface area contributed by atoms with Crippen LogP contribution in [0.1, 0.15) is 21.5 Å². The molecule has 1 amide bonds. The standard InChI is InChI=1S/C26H22F3N3O3/c1-34-19-10-11-22-20(16-19)24(30-21-4-2-3-5-23(21)35-22)31-12-14-32(15-13-31)25(33)17-6-8-18(9-7-17)26(27,28)29/h2-11,16H,12-15H2,1H3. The molecule has 0 spiro atoms. The predicted molar refractivity (Wildman–Crippen MR) is 125 cm³/mol. The lowest BCUT2D eigenvalue weighted by molar-refractivity contribution is -0.137. The van der Waals surface area contributed by atoms with Gasteiger partial charge in [0.2, 0.25) is 0 Å².